The smallest absolute Gasteiger partial charge is 0.262 e. The Balaban J connectivity index is 1.67. The molecule has 1 amide bonds. The van der Waals surface area contributed by atoms with Crippen LogP contribution < -0.4 is 9.64 Å². The van der Waals surface area contributed by atoms with Crippen molar-refractivity contribution in [1.82, 2.24) is 0 Å². The maximum Gasteiger partial charge on any atom is 0.262 e. The highest BCUT2D eigenvalue weighted by Gasteiger charge is 2.24. The van der Waals surface area contributed by atoms with Gasteiger partial charge >= 0.3 is 0 Å². The minimum absolute atomic E-state index is 0.0585. The first-order valence-electron chi connectivity index (χ1n) is 10.1. The fraction of sp³-hybridized carbons (Fsp3) is 0.240. The minimum atomic E-state index is -0.0585. The van der Waals surface area contributed by atoms with Crippen LogP contribution in [0.2, 0.25) is 0 Å². The molecule has 0 radical (unpaired) electrons. The Kier molecular flexibility index (Phi) is 5.92. The van der Waals surface area contributed by atoms with Crippen molar-refractivity contribution in [2.75, 3.05) is 18.1 Å². The molecule has 3 aromatic carbocycles. The van der Waals surface area contributed by atoms with Crippen LogP contribution in [0.3, 0.4) is 0 Å². The summed E-state index contributed by atoms with van der Waals surface area (Å²) in [6, 6.07) is 25.2. The molecule has 4 nitrogen and oxygen atoms in total. The highest BCUT2D eigenvalue weighted by Crippen LogP contribution is 2.29. The summed E-state index contributed by atoms with van der Waals surface area (Å²) in [7, 11) is 0. The quantitative estimate of drug-likeness (QED) is 0.486. The SMILES string of the molecule is CCCc1cc(C(=O)N(c2ccccc2)c2ccccc2)ccc1OCC1CO1. The van der Waals surface area contributed by atoms with E-state index >= 15 is 0 Å². The number of ether oxygens (including phenoxy) is 2. The van der Waals surface area contributed by atoms with Crippen molar-refractivity contribution in [1.29, 1.82) is 0 Å². The van der Waals surface area contributed by atoms with Crippen molar-refractivity contribution in [2.24, 2.45) is 0 Å². The number of carbonyl (C=O) groups is 1. The number of para-hydroxylation sites is 2. The van der Waals surface area contributed by atoms with E-state index < -0.39 is 0 Å². The first kappa shape index (κ1) is 19.2. The molecule has 1 aliphatic rings. The summed E-state index contributed by atoms with van der Waals surface area (Å²) in [6.45, 7) is 3.45. The third-order valence-corrected chi connectivity index (χ3v) is 4.89. The van der Waals surface area contributed by atoms with Crippen LogP contribution in [0.5, 0.6) is 5.75 Å². The third-order valence-electron chi connectivity index (χ3n) is 4.89. The summed E-state index contributed by atoms with van der Waals surface area (Å²) in [5.41, 5.74) is 3.38. The third kappa shape index (κ3) is 4.66. The molecular weight excluding hydrogens is 362 g/mol. The number of hydrogen-bond donors (Lipinski definition) is 0. The van der Waals surface area contributed by atoms with Crippen LogP contribution in [0.15, 0.2) is 78.9 Å². The molecule has 0 N–H and O–H groups in total. The number of hydrogen-bond acceptors (Lipinski definition) is 3. The van der Waals surface area contributed by atoms with Crippen LogP contribution in [-0.4, -0.2) is 25.2 Å². The largest absolute Gasteiger partial charge is 0.491 e. The molecule has 29 heavy (non-hydrogen) atoms. The Hall–Kier alpha value is -3.11. The van der Waals surface area contributed by atoms with Gasteiger partial charge in [-0.2, -0.15) is 0 Å². The van der Waals surface area contributed by atoms with Gasteiger partial charge in [0.25, 0.3) is 5.91 Å². The van der Waals surface area contributed by atoms with Gasteiger partial charge in [-0.3, -0.25) is 9.69 Å². The number of benzene rings is 3. The van der Waals surface area contributed by atoms with Gasteiger partial charge in [0.1, 0.15) is 18.5 Å². The highest BCUT2D eigenvalue weighted by molar-refractivity contribution is 6.11. The minimum Gasteiger partial charge on any atom is -0.491 e. The molecular formula is C25H25NO3. The van der Waals surface area contributed by atoms with Gasteiger partial charge in [-0.05, 0) is 54.4 Å². The molecule has 1 heterocycles. The number of rotatable bonds is 8. The monoisotopic (exact) mass is 387 g/mol. The van der Waals surface area contributed by atoms with E-state index in [0.29, 0.717) is 12.2 Å². The molecule has 0 saturated carbocycles. The van der Waals surface area contributed by atoms with Gasteiger partial charge in [0.15, 0.2) is 0 Å². The second-order valence-electron chi connectivity index (χ2n) is 7.15. The predicted molar refractivity (Wildman–Crippen MR) is 115 cm³/mol. The van der Waals surface area contributed by atoms with E-state index in [2.05, 4.69) is 6.92 Å². The molecule has 1 atom stereocenters. The highest BCUT2D eigenvalue weighted by atomic mass is 16.6. The molecule has 0 spiro atoms. The maximum absolute atomic E-state index is 13.6. The summed E-state index contributed by atoms with van der Waals surface area (Å²) in [6.07, 6.45) is 2.05. The number of aryl methyl sites for hydroxylation is 1. The second kappa shape index (κ2) is 8.93. The molecule has 0 bridgehead atoms. The zero-order valence-electron chi connectivity index (χ0n) is 16.6. The fourth-order valence-electron chi connectivity index (χ4n) is 3.33. The normalized spacial score (nSPS) is 15.0. The van der Waals surface area contributed by atoms with Crippen LogP contribution in [0.25, 0.3) is 0 Å². The molecule has 1 saturated heterocycles. The lowest BCUT2D eigenvalue weighted by molar-refractivity contribution is 0.0999. The van der Waals surface area contributed by atoms with E-state index in [0.717, 1.165) is 42.1 Å². The molecule has 1 aliphatic heterocycles. The summed E-state index contributed by atoms with van der Waals surface area (Å²) >= 11 is 0. The van der Waals surface area contributed by atoms with Crippen LogP contribution in [0.4, 0.5) is 11.4 Å². The van der Waals surface area contributed by atoms with Crippen LogP contribution in [0.1, 0.15) is 29.3 Å². The van der Waals surface area contributed by atoms with E-state index in [1.165, 1.54) is 0 Å². The molecule has 4 rings (SSSR count). The van der Waals surface area contributed by atoms with Gasteiger partial charge < -0.3 is 9.47 Å². The van der Waals surface area contributed by atoms with E-state index in [4.69, 9.17) is 9.47 Å². The van der Waals surface area contributed by atoms with Crippen molar-refractivity contribution in [3.05, 3.63) is 90.0 Å². The topological polar surface area (TPSA) is 42.1 Å². The van der Waals surface area contributed by atoms with Crippen molar-refractivity contribution >= 4 is 17.3 Å². The standard InChI is InChI=1S/C25H25NO3/c1-2-9-19-16-20(14-15-24(19)29-18-23-17-28-23)25(27)26(21-10-5-3-6-11-21)22-12-7-4-8-13-22/h3-8,10-16,23H,2,9,17-18H2,1H3. The average molecular weight is 387 g/mol. The summed E-state index contributed by atoms with van der Waals surface area (Å²) < 4.78 is 11.2. The van der Waals surface area contributed by atoms with Crippen molar-refractivity contribution < 1.29 is 14.3 Å². The Bertz CT molecular complexity index is 913. The zero-order valence-corrected chi connectivity index (χ0v) is 16.6. The molecule has 0 aromatic heterocycles. The van der Waals surface area contributed by atoms with E-state index in [9.17, 15) is 4.79 Å². The number of anilines is 2. The molecule has 4 heteroatoms. The molecule has 1 fully saturated rings. The molecule has 1 unspecified atom stereocenters. The van der Waals surface area contributed by atoms with E-state index in [1.807, 2.05) is 78.9 Å². The summed E-state index contributed by atoms with van der Waals surface area (Å²) in [5, 5.41) is 0. The Morgan fingerprint density at radius 3 is 2.17 bits per heavy atom. The van der Waals surface area contributed by atoms with Crippen LogP contribution in [-0.2, 0) is 11.2 Å². The maximum atomic E-state index is 13.6. The first-order chi connectivity index (χ1) is 14.3. The summed E-state index contributed by atoms with van der Waals surface area (Å²) in [5.74, 6) is 0.779. The predicted octanol–water partition coefficient (Wildman–Crippen LogP) is 5.40. The zero-order chi connectivity index (χ0) is 20.1. The number of epoxide rings is 1. The molecule has 148 valence electrons. The summed E-state index contributed by atoms with van der Waals surface area (Å²) in [4.78, 5) is 15.3. The van der Waals surface area contributed by atoms with Gasteiger partial charge in [-0.15, -0.1) is 0 Å². The fourth-order valence-corrected chi connectivity index (χ4v) is 3.33. The number of nitrogens with zero attached hydrogens (tertiary/aromatic N) is 1. The van der Waals surface area contributed by atoms with Gasteiger partial charge in [-0.1, -0.05) is 49.7 Å². The van der Waals surface area contributed by atoms with Crippen molar-refractivity contribution in [3.8, 4) is 5.75 Å². The van der Waals surface area contributed by atoms with Crippen molar-refractivity contribution in [2.45, 2.75) is 25.9 Å². The lowest BCUT2D eigenvalue weighted by Crippen LogP contribution is -2.26. The Morgan fingerprint density at radius 1 is 1.00 bits per heavy atom. The Labute approximate surface area is 171 Å². The number of amides is 1. The van der Waals surface area contributed by atoms with Crippen LogP contribution >= 0.6 is 0 Å². The van der Waals surface area contributed by atoms with Gasteiger partial charge in [0.05, 0.1) is 6.61 Å². The van der Waals surface area contributed by atoms with Crippen molar-refractivity contribution in [3.63, 3.8) is 0 Å². The first-order valence-corrected chi connectivity index (χ1v) is 10.1. The average Bonchev–Trinajstić information content (AvgIpc) is 3.59. The molecule has 3 aromatic rings. The van der Waals surface area contributed by atoms with Gasteiger partial charge in [-0.25, -0.2) is 0 Å². The number of carbonyl (C=O) groups excluding carboxylic acids is 1. The van der Waals surface area contributed by atoms with Crippen LogP contribution in [0, 0.1) is 0 Å². The van der Waals surface area contributed by atoms with Gasteiger partial charge in [0.2, 0.25) is 0 Å². The van der Waals surface area contributed by atoms with E-state index in [1.54, 1.807) is 4.90 Å². The lowest BCUT2D eigenvalue weighted by atomic mass is 10.0. The van der Waals surface area contributed by atoms with Gasteiger partial charge in [0, 0.05) is 16.9 Å². The molecule has 0 aliphatic carbocycles. The Morgan fingerprint density at radius 2 is 1.62 bits per heavy atom. The van der Waals surface area contributed by atoms with E-state index in [-0.39, 0.29) is 12.0 Å². The lowest BCUT2D eigenvalue weighted by Gasteiger charge is -2.23. The second-order valence-corrected chi connectivity index (χ2v) is 7.15.